The quantitative estimate of drug-likeness (QED) is 0.249. The second-order valence-electron chi connectivity index (χ2n) is 8.07. The van der Waals surface area contributed by atoms with E-state index < -0.39 is 0 Å². The predicted molar refractivity (Wildman–Crippen MR) is 128 cm³/mol. The van der Waals surface area contributed by atoms with Crippen LogP contribution in [0.1, 0.15) is 31.1 Å². The molecule has 1 aromatic heterocycles. The van der Waals surface area contributed by atoms with E-state index in [0.717, 1.165) is 33.3 Å². The van der Waals surface area contributed by atoms with Crippen LogP contribution in [-0.2, 0) is 16.0 Å². The fourth-order valence-electron chi connectivity index (χ4n) is 4.20. The summed E-state index contributed by atoms with van der Waals surface area (Å²) in [6, 6.07) is 24.7. The molecule has 0 amide bonds. The molecule has 0 bridgehead atoms. The smallest absolute Gasteiger partial charge is 0.334 e. The molecule has 0 fully saturated rings. The lowest BCUT2D eigenvalue weighted by Crippen LogP contribution is -2.09. The first-order valence-corrected chi connectivity index (χ1v) is 10.7. The van der Waals surface area contributed by atoms with E-state index >= 15 is 0 Å². The number of rotatable bonds is 6. The van der Waals surface area contributed by atoms with Crippen molar-refractivity contribution in [3.05, 3.63) is 102 Å². The van der Waals surface area contributed by atoms with Gasteiger partial charge < -0.3 is 9.30 Å². The van der Waals surface area contributed by atoms with Gasteiger partial charge >= 0.3 is 5.97 Å². The maximum atomic E-state index is 13.7. The molecular weight excluding hydrogens is 401 g/mol. The van der Waals surface area contributed by atoms with E-state index in [1.165, 1.54) is 19.2 Å². The van der Waals surface area contributed by atoms with Crippen LogP contribution in [0.4, 0.5) is 4.39 Å². The Labute approximate surface area is 187 Å². The molecular formula is C28H26FNO2. The first-order valence-electron chi connectivity index (χ1n) is 10.7. The lowest BCUT2D eigenvalue weighted by molar-refractivity contribution is -0.136. The second-order valence-corrected chi connectivity index (χ2v) is 8.07. The van der Waals surface area contributed by atoms with Gasteiger partial charge in [0.2, 0.25) is 0 Å². The van der Waals surface area contributed by atoms with Crippen LogP contribution in [-0.4, -0.2) is 17.6 Å². The van der Waals surface area contributed by atoms with Gasteiger partial charge in [-0.2, -0.15) is 0 Å². The van der Waals surface area contributed by atoms with Gasteiger partial charge in [-0.3, -0.25) is 0 Å². The lowest BCUT2D eigenvalue weighted by atomic mass is 9.98. The first kappa shape index (κ1) is 21.6. The molecule has 0 aliphatic rings. The van der Waals surface area contributed by atoms with E-state index in [-0.39, 0.29) is 17.8 Å². The lowest BCUT2D eigenvalue weighted by Gasteiger charge is -2.15. The molecule has 3 nitrogen and oxygen atoms in total. The van der Waals surface area contributed by atoms with Gasteiger partial charge in [0.15, 0.2) is 0 Å². The number of para-hydroxylation sites is 1. The minimum absolute atomic E-state index is 0.149. The van der Waals surface area contributed by atoms with Crippen LogP contribution in [0.2, 0.25) is 0 Å². The molecule has 3 aromatic carbocycles. The van der Waals surface area contributed by atoms with E-state index in [4.69, 9.17) is 4.74 Å². The fraction of sp³-hybridized carbons (Fsp3) is 0.179. The van der Waals surface area contributed by atoms with Crippen LogP contribution in [0.3, 0.4) is 0 Å². The summed E-state index contributed by atoms with van der Waals surface area (Å²) in [5.74, 6) is -0.641. The van der Waals surface area contributed by atoms with E-state index in [2.05, 4.69) is 30.5 Å². The van der Waals surface area contributed by atoms with Crippen LogP contribution >= 0.6 is 0 Å². The fourth-order valence-corrected chi connectivity index (χ4v) is 4.20. The summed E-state index contributed by atoms with van der Waals surface area (Å²) < 4.78 is 21.0. The second kappa shape index (κ2) is 9.23. The number of hydrogen-bond donors (Lipinski definition) is 0. The summed E-state index contributed by atoms with van der Waals surface area (Å²) in [5, 5.41) is 1.06. The molecule has 0 unspecified atom stereocenters. The van der Waals surface area contributed by atoms with Crippen molar-refractivity contribution in [1.82, 2.24) is 4.57 Å². The van der Waals surface area contributed by atoms with E-state index in [1.807, 2.05) is 48.5 Å². The Morgan fingerprint density at radius 1 is 0.969 bits per heavy atom. The monoisotopic (exact) mass is 427 g/mol. The Morgan fingerprint density at radius 3 is 2.28 bits per heavy atom. The highest BCUT2D eigenvalue weighted by molar-refractivity contribution is 6.03. The number of carbonyl (C=O) groups is 1. The van der Waals surface area contributed by atoms with Gasteiger partial charge in [-0.1, -0.05) is 60.7 Å². The standard InChI is InChI=1S/C28H26FNO2/c1-19(2)30-25-12-8-7-11-24(25)27(21-13-15-23(29)16-14-21)26(30)18-22(28(31)32-3)17-20-9-5-4-6-10-20/h4-16,18-19H,17H2,1-3H3. The number of nitrogens with zero attached hydrogens (tertiary/aromatic N) is 1. The topological polar surface area (TPSA) is 31.2 Å². The highest BCUT2D eigenvalue weighted by Crippen LogP contribution is 2.38. The average Bonchev–Trinajstić information content (AvgIpc) is 3.13. The average molecular weight is 428 g/mol. The van der Waals surface area contributed by atoms with Gasteiger partial charge in [-0.25, -0.2) is 9.18 Å². The summed E-state index contributed by atoms with van der Waals surface area (Å²) in [5.41, 5.74) is 5.44. The highest BCUT2D eigenvalue weighted by Gasteiger charge is 2.21. The summed E-state index contributed by atoms with van der Waals surface area (Å²) in [6.45, 7) is 4.24. The minimum atomic E-state index is -0.362. The van der Waals surface area contributed by atoms with Crippen LogP contribution in [0, 0.1) is 5.82 Å². The van der Waals surface area contributed by atoms with Crippen molar-refractivity contribution in [2.75, 3.05) is 7.11 Å². The number of methoxy groups -OCH3 is 1. The number of benzene rings is 3. The maximum absolute atomic E-state index is 13.7. The van der Waals surface area contributed by atoms with Gasteiger partial charge in [0, 0.05) is 34.5 Å². The summed E-state index contributed by atoms with van der Waals surface area (Å²) in [6.07, 6.45) is 2.38. The molecule has 0 N–H and O–H groups in total. The summed E-state index contributed by atoms with van der Waals surface area (Å²) in [4.78, 5) is 12.8. The van der Waals surface area contributed by atoms with Gasteiger partial charge in [-0.05, 0) is 49.2 Å². The zero-order valence-corrected chi connectivity index (χ0v) is 18.5. The highest BCUT2D eigenvalue weighted by atomic mass is 19.1. The van der Waals surface area contributed by atoms with Gasteiger partial charge in [0.1, 0.15) is 5.82 Å². The van der Waals surface area contributed by atoms with Gasteiger partial charge in [-0.15, -0.1) is 0 Å². The number of ether oxygens (including phenoxy) is 1. The zero-order valence-electron chi connectivity index (χ0n) is 18.5. The molecule has 32 heavy (non-hydrogen) atoms. The van der Waals surface area contributed by atoms with Crippen molar-refractivity contribution in [2.45, 2.75) is 26.3 Å². The number of esters is 1. The number of carbonyl (C=O) groups excluding carboxylic acids is 1. The van der Waals surface area contributed by atoms with Crippen LogP contribution < -0.4 is 0 Å². The number of aromatic nitrogens is 1. The Morgan fingerprint density at radius 2 is 1.62 bits per heavy atom. The van der Waals surface area contributed by atoms with Gasteiger partial charge in [0.05, 0.1) is 12.8 Å². The minimum Gasteiger partial charge on any atom is -0.466 e. The predicted octanol–water partition coefficient (Wildman–Crippen LogP) is 6.83. The number of hydrogen-bond acceptors (Lipinski definition) is 2. The van der Waals surface area contributed by atoms with E-state index in [1.54, 1.807) is 12.1 Å². The molecule has 0 aliphatic carbocycles. The first-order chi connectivity index (χ1) is 15.5. The molecule has 0 spiro atoms. The molecule has 4 rings (SSSR count). The third kappa shape index (κ3) is 4.22. The Kier molecular flexibility index (Phi) is 6.22. The van der Waals surface area contributed by atoms with Crippen molar-refractivity contribution in [1.29, 1.82) is 0 Å². The van der Waals surface area contributed by atoms with E-state index in [0.29, 0.717) is 12.0 Å². The summed E-state index contributed by atoms with van der Waals surface area (Å²) >= 11 is 0. The molecule has 4 aromatic rings. The summed E-state index contributed by atoms with van der Waals surface area (Å²) in [7, 11) is 1.40. The normalized spacial score (nSPS) is 11.8. The molecule has 0 atom stereocenters. The molecule has 162 valence electrons. The van der Waals surface area contributed by atoms with Crippen LogP contribution in [0.25, 0.3) is 28.1 Å². The zero-order chi connectivity index (χ0) is 22.7. The SMILES string of the molecule is COC(=O)C(=Cc1c(-c2ccc(F)cc2)c2ccccc2n1C(C)C)Cc1ccccc1. The molecule has 0 saturated carbocycles. The molecule has 1 heterocycles. The van der Waals surface area contributed by atoms with E-state index in [9.17, 15) is 9.18 Å². The largest absolute Gasteiger partial charge is 0.466 e. The maximum Gasteiger partial charge on any atom is 0.334 e. The Hall–Kier alpha value is -3.66. The Balaban J connectivity index is 2.00. The molecule has 4 heteroatoms. The van der Waals surface area contributed by atoms with Crippen LogP contribution in [0.5, 0.6) is 0 Å². The van der Waals surface area contributed by atoms with Crippen molar-refractivity contribution >= 4 is 22.9 Å². The van der Waals surface area contributed by atoms with Gasteiger partial charge in [0.25, 0.3) is 0 Å². The Bertz CT molecular complexity index is 1270. The third-order valence-corrected chi connectivity index (χ3v) is 5.59. The number of fused-ring (bicyclic) bond motifs is 1. The van der Waals surface area contributed by atoms with Crippen LogP contribution in [0.15, 0.2) is 84.4 Å². The van der Waals surface area contributed by atoms with Crippen molar-refractivity contribution < 1.29 is 13.9 Å². The van der Waals surface area contributed by atoms with Crippen molar-refractivity contribution in [3.8, 4) is 11.1 Å². The molecule has 0 radical (unpaired) electrons. The van der Waals surface area contributed by atoms with Crippen molar-refractivity contribution in [2.24, 2.45) is 0 Å². The molecule has 0 aliphatic heterocycles. The third-order valence-electron chi connectivity index (χ3n) is 5.59. The van der Waals surface area contributed by atoms with Crippen molar-refractivity contribution in [3.63, 3.8) is 0 Å². The number of halogens is 1. The molecule has 0 saturated heterocycles.